The molecule has 1 N–H and O–H groups in total. The molecule has 156 valence electrons. The first-order valence-electron chi connectivity index (χ1n) is 9.77. The Hall–Kier alpha value is -3.93. The van der Waals surface area contributed by atoms with Gasteiger partial charge in [-0.05, 0) is 60.9 Å². The minimum absolute atomic E-state index is 0.113. The van der Waals surface area contributed by atoms with E-state index in [1.54, 1.807) is 30.3 Å². The molecule has 0 saturated heterocycles. The van der Waals surface area contributed by atoms with E-state index >= 15 is 0 Å². The lowest BCUT2D eigenvalue weighted by molar-refractivity contribution is -0.120. The molecule has 0 unspecified atom stereocenters. The van der Waals surface area contributed by atoms with Gasteiger partial charge in [0.05, 0.1) is 24.1 Å². The number of nitrogens with one attached hydrogen (secondary N) is 1. The largest absolute Gasteiger partial charge is 0.495 e. The molecule has 0 radical (unpaired) electrons. The summed E-state index contributed by atoms with van der Waals surface area (Å²) in [5.74, 6) is -0.850. The van der Waals surface area contributed by atoms with Gasteiger partial charge < -0.3 is 10.1 Å². The topological polar surface area (TPSA) is 58.6 Å². The average molecular weight is 416 g/mol. The number of para-hydroxylation sites is 2. The van der Waals surface area contributed by atoms with E-state index in [0.717, 1.165) is 11.1 Å². The van der Waals surface area contributed by atoms with Gasteiger partial charge in [0, 0.05) is 0 Å². The molecule has 5 nitrogen and oxygen atoms in total. The number of hydrogen-bond acceptors (Lipinski definition) is 4. The van der Waals surface area contributed by atoms with E-state index in [1.807, 2.05) is 26.0 Å². The van der Waals surface area contributed by atoms with E-state index in [1.165, 1.54) is 36.3 Å². The number of imide groups is 1. The molecule has 0 bridgehead atoms. The van der Waals surface area contributed by atoms with Gasteiger partial charge >= 0.3 is 0 Å². The Kier molecular flexibility index (Phi) is 5.29. The Labute approximate surface area is 179 Å². The van der Waals surface area contributed by atoms with E-state index < -0.39 is 17.6 Å². The number of methoxy groups -OCH3 is 1. The van der Waals surface area contributed by atoms with Crippen molar-refractivity contribution in [2.24, 2.45) is 0 Å². The summed E-state index contributed by atoms with van der Waals surface area (Å²) in [4.78, 5) is 28.2. The zero-order valence-electron chi connectivity index (χ0n) is 17.4. The molecule has 6 heteroatoms. The highest BCUT2D eigenvalue weighted by Crippen LogP contribution is 2.37. The SMILES string of the molecule is COc1ccccc1NC1=C(c2ccc(F)cc2)C(=O)N(c2cccc(C)c2C)C1=O. The number of aryl methyl sites for hydroxylation is 1. The third kappa shape index (κ3) is 3.57. The molecule has 1 aliphatic rings. The van der Waals surface area contributed by atoms with E-state index in [0.29, 0.717) is 22.7 Å². The van der Waals surface area contributed by atoms with E-state index in [-0.39, 0.29) is 11.3 Å². The van der Waals surface area contributed by atoms with Crippen LogP contribution in [0.3, 0.4) is 0 Å². The van der Waals surface area contributed by atoms with Crippen LogP contribution in [-0.2, 0) is 9.59 Å². The number of halogens is 1. The van der Waals surface area contributed by atoms with Crippen molar-refractivity contribution in [3.05, 3.63) is 94.9 Å². The molecule has 0 aromatic heterocycles. The van der Waals surface area contributed by atoms with E-state index in [9.17, 15) is 14.0 Å². The maximum atomic E-state index is 13.5. The molecule has 4 rings (SSSR count). The van der Waals surface area contributed by atoms with Gasteiger partial charge in [0.2, 0.25) is 0 Å². The van der Waals surface area contributed by atoms with E-state index in [2.05, 4.69) is 5.32 Å². The molecule has 0 aliphatic carbocycles. The maximum Gasteiger partial charge on any atom is 0.282 e. The summed E-state index contributed by atoms with van der Waals surface area (Å²) < 4.78 is 18.9. The summed E-state index contributed by atoms with van der Waals surface area (Å²) >= 11 is 0. The molecule has 0 atom stereocenters. The fourth-order valence-electron chi connectivity index (χ4n) is 3.61. The van der Waals surface area contributed by atoms with Crippen molar-refractivity contribution in [3.63, 3.8) is 0 Å². The van der Waals surface area contributed by atoms with Gasteiger partial charge in [0.15, 0.2) is 0 Å². The van der Waals surface area contributed by atoms with Crippen molar-refractivity contribution in [2.75, 3.05) is 17.3 Å². The molecule has 2 amide bonds. The molecule has 1 heterocycles. The lowest BCUT2D eigenvalue weighted by Gasteiger charge is -2.19. The number of rotatable bonds is 5. The molecular weight excluding hydrogens is 395 g/mol. The fourth-order valence-corrected chi connectivity index (χ4v) is 3.61. The molecule has 1 aliphatic heterocycles. The normalized spacial score (nSPS) is 13.7. The summed E-state index contributed by atoms with van der Waals surface area (Å²) in [6.07, 6.45) is 0. The van der Waals surface area contributed by atoms with Crippen LogP contribution in [0.25, 0.3) is 5.57 Å². The van der Waals surface area contributed by atoms with Crippen molar-refractivity contribution < 1.29 is 18.7 Å². The van der Waals surface area contributed by atoms with Crippen LogP contribution in [0.5, 0.6) is 5.75 Å². The van der Waals surface area contributed by atoms with Crippen LogP contribution in [0, 0.1) is 19.7 Å². The van der Waals surface area contributed by atoms with Crippen molar-refractivity contribution in [3.8, 4) is 5.75 Å². The third-order valence-electron chi connectivity index (χ3n) is 5.40. The highest BCUT2D eigenvalue weighted by Gasteiger charge is 2.41. The Morgan fingerprint density at radius 1 is 0.871 bits per heavy atom. The predicted molar refractivity (Wildman–Crippen MR) is 118 cm³/mol. The Morgan fingerprint density at radius 3 is 2.29 bits per heavy atom. The summed E-state index contributed by atoms with van der Waals surface area (Å²) in [7, 11) is 1.53. The van der Waals surface area contributed by atoms with Gasteiger partial charge in [-0.1, -0.05) is 36.4 Å². The van der Waals surface area contributed by atoms with Gasteiger partial charge in [0.1, 0.15) is 17.3 Å². The molecule has 0 spiro atoms. The number of hydrogen-bond donors (Lipinski definition) is 1. The second kappa shape index (κ2) is 8.07. The standard InChI is InChI=1S/C25H21FN2O3/c1-15-7-6-9-20(16(15)2)28-24(29)22(17-11-13-18(26)14-12-17)23(25(28)30)27-19-8-4-5-10-21(19)31-3/h4-14,27H,1-3H3. The minimum Gasteiger partial charge on any atom is -0.495 e. The summed E-state index contributed by atoms with van der Waals surface area (Å²) in [6, 6.07) is 18.1. The van der Waals surface area contributed by atoms with Gasteiger partial charge in [-0.3, -0.25) is 9.59 Å². The minimum atomic E-state index is -0.482. The number of amides is 2. The number of anilines is 2. The van der Waals surface area contributed by atoms with Crippen LogP contribution in [0.1, 0.15) is 16.7 Å². The summed E-state index contributed by atoms with van der Waals surface area (Å²) in [6.45, 7) is 3.79. The Bertz CT molecular complexity index is 1220. The second-order valence-electron chi connectivity index (χ2n) is 7.25. The zero-order valence-corrected chi connectivity index (χ0v) is 17.4. The van der Waals surface area contributed by atoms with Crippen LogP contribution >= 0.6 is 0 Å². The van der Waals surface area contributed by atoms with Crippen LogP contribution in [0.15, 0.2) is 72.4 Å². The van der Waals surface area contributed by atoms with Gasteiger partial charge in [-0.15, -0.1) is 0 Å². The molecule has 0 fully saturated rings. The van der Waals surface area contributed by atoms with Crippen LogP contribution in [0.2, 0.25) is 0 Å². The zero-order chi connectivity index (χ0) is 22.1. The van der Waals surface area contributed by atoms with E-state index in [4.69, 9.17) is 4.74 Å². The fraction of sp³-hybridized carbons (Fsp3) is 0.120. The first-order valence-corrected chi connectivity index (χ1v) is 9.77. The van der Waals surface area contributed by atoms with Crippen LogP contribution in [0.4, 0.5) is 15.8 Å². The number of carbonyl (C=O) groups excluding carboxylic acids is 2. The van der Waals surface area contributed by atoms with Crippen molar-refractivity contribution in [1.29, 1.82) is 0 Å². The molecule has 3 aromatic carbocycles. The summed E-state index contributed by atoms with van der Waals surface area (Å²) in [5.41, 5.74) is 3.60. The van der Waals surface area contributed by atoms with Crippen molar-refractivity contribution >= 4 is 28.8 Å². The monoisotopic (exact) mass is 416 g/mol. The van der Waals surface area contributed by atoms with Gasteiger partial charge in [-0.25, -0.2) is 9.29 Å². The maximum absolute atomic E-state index is 13.5. The molecule has 31 heavy (non-hydrogen) atoms. The van der Waals surface area contributed by atoms with Crippen molar-refractivity contribution in [1.82, 2.24) is 0 Å². The third-order valence-corrected chi connectivity index (χ3v) is 5.40. The average Bonchev–Trinajstić information content (AvgIpc) is 3.01. The highest BCUT2D eigenvalue weighted by molar-refractivity contribution is 6.46. The molecule has 3 aromatic rings. The predicted octanol–water partition coefficient (Wildman–Crippen LogP) is 4.85. The summed E-state index contributed by atoms with van der Waals surface area (Å²) in [5, 5.41) is 3.09. The lowest BCUT2D eigenvalue weighted by Crippen LogP contribution is -2.33. The number of benzene rings is 3. The smallest absolute Gasteiger partial charge is 0.282 e. The van der Waals surface area contributed by atoms with Gasteiger partial charge in [-0.2, -0.15) is 0 Å². The Morgan fingerprint density at radius 2 is 1.58 bits per heavy atom. The highest BCUT2D eigenvalue weighted by atomic mass is 19.1. The first kappa shape index (κ1) is 20.3. The number of nitrogens with zero attached hydrogens (tertiary/aromatic N) is 1. The van der Waals surface area contributed by atoms with Gasteiger partial charge in [0.25, 0.3) is 11.8 Å². The number of ether oxygens (including phenoxy) is 1. The molecule has 0 saturated carbocycles. The molecular formula is C25H21FN2O3. The van der Waals surface area contributed by atoms with Crippen LogP contribution in [-0.4, -0.2) is 18.9 Å². The number of carbonyl (C=O) groups is 2. The lowest BCUT2D eigenvalue weighted by atomic mass is 10.0. The van der Waals surface area contributed by atoms with Crippen molar-refractivity contribution in [2.45, 2.75) is 13.8 Å². The van der Waals surface area contributed by atoms with Crippen LogP contribution < -0.4 is 15.0 Å². The first-order chi connectivity index (χ1) is 14.9. The second-order valence-corrected chi connectivity index (χ2v) is 7.25. The quantitative estimate of drug-likeness (QED) is 0.604. The Balaban J connectivity index is 1.87.